The molecule has 1 amide bonds. The Hall–Kier alpha value is -0.600. The number of alkyl halides is 1. The number of amides is 1. The number of hydrogen-bond donors (Lipinski definition) is 1. The Balaban J connectivity index is 1.97. The van der Waals surface area contributed by atoms with Crippen molar-refractivity contribution in [2.75, 3.05) is 6.54 Å². The van der Waals surface area contributed by atoms with E-state index >= 15 is 0 Å². The van der Waals surface area contributed by atoms with Gasteiger partial charge < -0.3 is 5.32 Å². The summed E-state index contributed by atoms with van der Waals surface area (Å²) in [6.07, 6.45) is 1.43. The zero-order valence-corrected chi connectivity index (χ0v) is 4.36. The van der Waals surface area contributed by atoms with Crippen molar-refractivity contribution >= 4 is 6.41 Å². The van der Waals surface area contributed by atoms with Gasteiger partial charge in [0, 0.05) is 12.5 Å². The second kappa shape index (κ2) is 2.11. The van der Waals surface area contributed by atoms with Crippen LogP contribution in [-0.4, -0.2) is 19.1 Å². The van der Waals surface area contributed by atoms with Crippen LogP contribution in [0.25, 0.3) is 0 Å². The Kier molecular flexibility index (Phi) is 1.46. The lowest BCUT2D eigenvalue weighted by atomic mass is 10.4. The predicted molar refractivity (Wildman–Crippen MR) is 26.7 cm³/mol. The quantitative estimate of drug-likeness (QED) is 0.517. The highest BCUT2D eigenvalue weighted by molar-refractivity contribution is 5.47. The lowest BCUT2D eigenvalue weighted by Crippen LogP contribution is -2.14. The summed E-state index contributed by atoms with van der Waals surface area (Å²) in [5.74, 6) is 0.0800. The summed E-state index contributed by atoms with van der Waals surface area (Å²) >= 11 is 0. The molecule has 1 fully saturated rings. The molecule has 1 aliphatic rings. The van der Waals surface area contributed by atoms with E-state index in [1.54, 1.807) is 0 Å². The standard InChI is InChI=1S/C5H7FNO/c6-5-1-4(5)2-7-3-8/h4-5H,1-2H2,(H,7,8). The van der Waals surface area contributed by atoms with Crippen molar-refractivity contribution in [1.82, 2.24) is 5.32 Å². The molecule has 0 saturated heterocycles. The van der Waals surface area contributed by atoms with Crippen LogP contribution in [0, 0.1) is 5.92 Å². The van der Waals surface area contributed by atoms with Crippen LogP contribution in [-0.2, 0) is 4.79 Å². The molecular weight excluding hydrogens is 109 g/mol. The normalized spacial score (nSPS) is 34.1. The molecule has 2 atom stereocenters. The van der Waals surface area contributed by atoms with Crippen LogP contribution in [0.5, 0.6) is 0 Å². The van der Waals surface area contributed by atoms with Crippen molar-refractivity contribution < 1.29 is 9.18 Å². The van der Waals surface area contributed by atoms with Crippen LogP contribution in [0.1, 0.15) is 6.42 Å². The molecule has 1 N–H and O–H groups in total. The highest BCUT2D eigenvalue weighted by atomic mass is 19.1. The third kappa shape index (κ3) is 1.18. The van der Waals surface area contributed by atoms with Gasteiger partial charge in [-0.2, -0.15) is 0 Å². The summed E-state index contributed by atoms with van der Waals surface area (Å²) in [7, 11) is 0. The van der Waals surface area contributed by atoms with E-state index in [4.69, 9.17) is 0 Å². The van der Waals surface area contributed by atoms with Crippen LogP contribution < -0.4 is 5.32 Å². The maximum atomic E-state index is 11.9. The maximum Gasteiger partial charge on any atom is 0.309 e. The minimum Gasteiger partial charge on any atom is -0.347 e. The van der Waals surface area contributed by atoms with Gasteiger partial charge >= 0.3 is 6.41 Å². The Morgan fingerprint density at radius 3 is 2.88 bits per heavy atom. The lowest BCUT2D eigenvalue weighted by molar-refractivity contribution is 0.442. The van der Waals surface area contributed by atoms with Gasteiger partial charge in [-0.3, -0.25) is 4.79 Å². The second-order valence-electron chi connectivity index (χ2n) is 1.99. The number of hydrogen-bond acceptors (Lipinski definition) is 1. The molecule has 2 nitrogen and oxygen atoms in total. The third-order valence-corrected chi connectivity index (χ3v) is 1.27. The highest BCUT2D eigenvalue weighted by Crippen LogP contribution is 2.32. The summed E-state index contributed by atoms with van der Waals surface area (Å²) in [6.45, 7) is 0.449. The van der Waals surface area contributed by atoms with E-state index in [0.717, 1.165) is 0 Å². The van der Waals surface area contributed by atoms with E-state index in [2.05, 4.69) is 5.32 Å². The topological polar surface area (TPSA) is 29.1 Å². The minimum absolute atomic E-state index is 0.0800. The summed E-state index contributed by atoms with van der Waals surface area (Å²) in [6, 6.07) is 0. The van der Waals surface area contributed by atoms with Gasteiger partial charge in [0.25, 0.3) is 0 Å². The first-order chi connectivity index (χ1) is 3.84. The van der Waals surface area contributed by atoms with Crippen LogP contribution in [0.2, 0.25) is 0 Å². The molecule has 1 saturated carbocycles. The van der Waals surface area contributed by atoms with Gasteiger partial charge in [0.05, 0.1) is 0 Å². The number of nitrogens with one attached hydrogen (secondary N) is 1. The van der Waals surface area contributed by atoms with E-state index in [9.17, 15) is 9.18 Å². The molecule has 0 aromatic heterocycles. The van der Waals surface area contributed by atoms with E-state index in [0.29, 0.717) is 13.0 Å². The Bertz CT molecular complexity index is 96.4. The second-order valence-corrected chi connectivity index (χ2v) is 1.99. The molecule has 1 aliphatic carbocycles. The molecule has 1 radical (unpaired) electrons. The van der Waals surface area contributed by atoms with Crippen LogP contribution in [0.15, 0.2) is 0 Å². The molecule has 1 rings (SSSR count). The Labute approximate surface area is 47.1 Å². The third-order valence-electron chi connectivity index (χ3n) is 1.27. The number of rotatable bonds is 3. The SMILES string of the molecule is O=[C]NCC1CC1F. The average molecular weight is 116 g/mol. The summed E-state index contributed by atoms with van der Waals surface area (Å²) in [5, 5.41) is 2.30. The minimum atomic E-state index is -0.671. The van der Waals surface area contributed by atoms with Gasteiger partial charge in [-0.1, -0.05) is 0 Å². The van der Waals surface area contributed by atoms with E-state index in [1.165, 1.54) is 6.41 Å². The summed E-state index contributed by atoms with van der Waals surface area (Å²) in [5.41, 5.74) is 0. The molecule has 0 heterocycles. The molecule has 0 aromatic rings. The molecule has 3 heteroatoms. The Morgan fingerprint density at radius 2 is 2.50 bits per heavy atom. The van der Waals surface area contributed by atoms with E-state index in [-0.39, 0.29) is 5.92 Å². The first kappa shape index (κ1) is 5.54. The largest absolute Gasteiger partial charge is 0.347 e. The molecule has 0 aliphatic heterocycles. The van der Waals surface area contributed by atoms with Gasteiger partial charge in [0.15, 0.2) is 0 Å². The fourth-order valence-corrected chi connectivity index (χ4v) is 0.595. The van der Waals surface area contributed by atoms with Crippen molar-refractivity contribution in [1.29, 1.82) is 0 Å². The zero-order chi connectivity index (χ0) is 5.98. The van der Waals surface area contributed by atoms with E-state index in [1.807, 2.05) is 0 Å². The maximum absolute atomic E-state index is 11.9. The van der Waals surface area contributed by atoms with Crippen molar-refractivity contribution in [3.8, 4) is 0 Å². The molecule has 0 spiro atoms. The molecule has 8 heavy (non-hydrogen) atoms. The summed E-state index contributed by atoms with van der Waals surface area (Å²) < 4.78 is 11.9. The van der Waals surface area contributed by atoms with Crippen LogP contribution in [0.4, 0.5) is 4.39 Å². The van der Waals surface area contributed by atoms with Crippen molar-refractivity contribution in [3.63, 3.8) is 0 Å². The van der Waals surface area contributed by atoms with Gasteiger partial charge in [-0.05, 0) is 6.42 Å². The van der Waals surface area contributed by atoms with Crippen molar-refractivity contribution in [3.05, 3.63) is 0 Å². The molecule has 2 unspecified atom stereocenters. The predicted octanol–water partition coefficient (Wildman–Crippen LogP) is 0.00120. The van der Waals surface area contributed by atoms with E-state index < -0.39 is 6.17 Å². The fraction of sp³-hybridized carbons (Fsp3) is 0.800. The van der Waals surface area contributed by atoms with Crippen LogP contribution >= 0.6 is 0 Å². The average Bonchev–Trinajstić information content (AvgIpc) is 2.42. The van der Waals surface area contributed by atoms with Crippen molar-refractivity contribution in [2.24, 2.45) is 5.92 Å². The van der Waals surface area contributed by atoms with Crippen molar-refractivity contribution in [2.45, 2.75) is 12.6 Å². The lowest BCUT2D eigenvalue weighted by Gasteiger charge is -1.88. The molecule has 45 valence electrons. The Morgan fingerprint density at radius 1 is 1.88 bits per heavy atom. The fourth-order valence-electron chi connectivity index (χ4n) is 0.595. The van der Waals surface area contributed by atoms with Crippen LogP contribution in [0.3, 0.4) is 0 Å². The summed E-state index contributed by atoms with van der Waals surface area (Å²) in [4.78, 5) is 9.49. The van der Waals surface area contributed by atoms with Gasteiger partial charge in [-0.25, -0.2) is 4.39 Å². The number of halogens is 1. The van der Waals surface area contributed by atoms with Gasteiger partial charge in [0.2, 0.25) is 0 Å². The highest BCUT2D eigenvalue weighted by Gasteiger charge is 2.36. The smallest absolute Gasteiger partial charge is 0.309 e. The first-order valence-corrected chi connectivity index (χ1v) is 2.58. The molecular formula is C5H7FNO. The first-order valence-electron chi connectivity index (χ1n) is 2.58. The van der Waals surface area contributed by atoms with Gasteiger partial charge in [0.1, 0.15) is 6.17 Å². The monoisotopic (exact) mass is 116 g/mol. The molecule has 0 bridgehead atoms. The van der Waals surface area contributed by atoms with Gasteiger partial charge in [-0.15, -0.1) is 0 Å². The number of carbonyl (C=O) groups excluding carboxylic acids is 1. The molecule has 0 aromatic carbocycles. The zero-order valence-electron chi connectivity index (χ0n) is 4.36.